The highest BCUT2D eigenvalue weighted by atomic mass is 16.2. The Labute approximate surface area is 113 Å². The van der Waals surface area contributed by atoms with Crippen molar-refractivity contribution in [2.75, 3.05) is 6.54 Å². The molecule has 1 heterocycles. The van der Waals surface area contributed by atoms with E-state index < -0.39 is 11.5 Å². The van der Waals surface area contributed by atoms with Crippen LogP contribution in [0, 0.1) is 0 Å². The number of piperidine rings is 1. The molecule has 19 heavy (non-hydrogen) atoms. The lowest BCUT2D eigenvalue weighted by Crippen LogP contribution is -2.53. The molecule has 102 valence electrons. The van der Waals surface area contributed by atoms with Gasteiger partial charge in [0.15, 0.2) is 0 Å². The molecule has 1 aliphatic heterocycles. The second-order valence-corrected chi connectivity index (χ2v) is 5.45. The fourth-order valence-electron chi connectivity index (χ4n) is 2.23. The Morgan fingerprint density at radius 3 is 2.63 bits per heavy atom. The molecule has 0 radical (unpaired) electrons. The largest absolute Gasteiger partial charge is 0.354 e. The second kappa shape index (κ2) is 5.43. The van der Waals surface area contributed by atoms with Crippen molar-refractivity contribution in [2.45, 2.75) is 38.1 Å². The molecule has 1 aliphatic rings. The van der Waals surface area contributed by atoms with Crippen molar-refractivity contribution < 1.29 is 9.59 Å². The highest BCUT2D eigenvalue weighted by Gasteiger charge is 2.33. The molecule has 1 unspecified atom stereocenters. The molecule has 0 bridgehead atoms. The molecule has 1 saturated heterocycles. The third-order valence-corrected chi connectivity index (χ3v) is 3.65. The average molecular weight is 260 g/mol. The van der Waals surface area contributed by atoms with Gasteiger partial charge in [0, 0.05) is 6.54 Å². The fraction of sp³-hybridized carbons (Fsp3) is 0.467. The lowest BCUT2D eigenvalue weighted by atomic mass is 9.83. The van der Waals surface area contributed by atoms with Gasteiger partial charge in [-0.15, -0.1) is 0 Å². The molecule has 4 heteroatoms. The molecule has 1 aromatic rings. The highest BCUT2D eigenvalue weighted by molar-refractivity contribution is 5.92. The molecule has 2 rings (SSSR count). The maximum absolute atomic E-state index is 12.4. The van der Waals surface area contributed by atoms with Gasteiger partial charge in [0.05, 0.1) is 5.41 Å². The molecule has 0 spiro atoms. The monoisotopic (exact) mass is 260 g/mol. The van der Waals surface area contributed by atoms with E-state index in [2.05, 4.69) is 10.6 Å². The van der Waals surface area contributed by atoms with Crippen molar-refractivity contribution in [3.63, 3.8) is 0 Å². The zero-order valence-electron chi connectivity index (χ0n) is 11.4. The van der Waals surface area contributed by atoms with Crippen molar-refractivity contribution in [1.29, 1.82) is 0 Å². The van der Waals surface area contributed by atoms with E-state index in [4.69, 9.17) is 0 Å². The minimum atomic E-state index is -0.640. The molecule has 2 amide bonds. The normalized spacial score (nSPS) is 19.7. The summed E-state index contributed by atoms with van der Waals surface area (Å²) in [5, 5.41) is 5.63. The molecule has 0 aromatic heterocycles. The number of amides is 2. The lowest BCUT2D eigenvalue weighted by Gasteiger charge is -2.29. The Morgan fingerprint density at radius 2 is 2.00 bits per heavy atom. The number of carbonyl (C=O) groups excluding carboxylic acids is 2. The van der Waals surface area contributed by atoms with Crippen molar-refractivity contribution in [2.24, 2.45) is 0 Å². The van der Waals surface area contributed by atoms with Gasteiger partial charge < -0.3 is 10.6 Å². The number of carbonyl (C=O) groups is 2. The van der Waals surface area contributed by atoms with Crippen molar-refractivity contribution in [1.82, 2.24) is 10.6 Å². The maximum Gasteiger partial charge on any atom is 0.242 e. The summed E-state index contributed by atoms with van der Waals surface area (Å²) in [5.74, 6) is -0.191. The predicted molar refractivity (Wildman–Crippen MR) is 73.6 cm³/mol. The van der Waals surface area contributed by atoms with Crippen molar-refractivity contribution in [3.05, 3.63) is 35.9 Å². The van der Waals surface area contributed by atoms with E-state index in [-0.39, 0.29) is 11.8 Å². The van der Waals surface area contributed by atoms with Gasteiger partial charge in [0.2, 0.25) is 11.8 Å². The third-order valence-electron chi connectivity index (χ3n) is 3.65. The predicted octanol–water partition coefficient (Wildman–Crippen LogP) is 1.36. The molecule has 1 atom stereocenters. The van der Waals surface area contributed by atoms with E-state index >= 15 is 0 Å². The van der Waals surface area contributed by atoms with Crippen LogP contribution in [0.25, 0.3) is 0 Å². The standard InChI is InChI=1S/C15H20N2O2/c1-15(2,11-7-4-3-5-8-11)14(19)17-12-9-6-10-16-13(12)18/h3-5,7-8,12H,6,9-10H2,1-2H3,(H,16,18)(H,17,19). The van der Waals surface area contributed by atoms with Crippen LogP contribution < -0.4 is 10.6 Å². The number of nitrogens with one attached hydrogen (secondary N) is 2. The van der Waals surface area contributed by atoms with Crippen LogP contribution in [0.3, 0.4) is 0 Å². The first kappa shape index (κ1) is 13.6. The average Bonchev–Trinajstić information content (AvgIpc) is 2.42. The van der Waals surface area contributed by atoms with Gasteiger partial charge in [-0.2, -0.15) is 0 Å². The number of hydrogen-bond acceptors (Lipinski definition) is 2. The Kier molecular flexibility index (Phi) is 3.88. The van der Waals surface area contributed by atoms with E-state index in [1.807, 2.05) is 44.2 Å². The number of hydrogen-bond donors (Lipinski definition) is 2. The minimum Gasteiger partial charge on any atom is -0.354 e. The Balaban J connectivity index is 2.08. The first-order valence-electron chi connectivity index (χ1n) is 6.66. The number of benzene rings is 1. The summed E-state index contributed by atoms with van der Waals surface area (Å²) in [7, 11) is 0. The highest BCUT2D eigenvalue weighted by Crippen LogP contribution is 2.23. The van der Waals surface area contributed by atoms with Crippen LogP contribution in [0.5, 0.6) is 0 Å². The summed E-state index contributed by atoms with van der Waals surface area (Å²) in [6, 6.07) is 9.21. The molecular formula is C15H20N2O2. The zero-order chi connectivity index (χ0) is 13.9. The van der Waals surface area contributed by atoms with Gasteiger partial charge >= 0.3 is 0 Å². The molecule has 0 saturated carbocycles. The van der Waals surface area contributed by atoms with Crippen LogP contribution in [0.4, 0.5) is 0 Å². The Hall–Kier alpha value is -1.84. The van der Waals surface area contributed by atoms with E-state index in [0.29, 0.717) is 13.0 Å². The van der Waals surface area contributed by atoms with Gasteiger partial charge in [-0.1, -0.05) is 30.3 Å². The summed E-state index contributed by atoms with van der Waals surface area (Å²) >= 11 is 0. The summed E-state index contributed by atoms with van der Waals surface area (Å²) < 4.78 is 0. The van der Waals surface area contributed by atoms with Crippen molar-refractivity contribution >= 4 is 11.8 Å². The summed E-state index contributed by atoms with van der Waals surface area (Å²) in [5.41, 5.74) is 0.308. The quantitative estimate of drug-likeness (QED) is 0.862. The molecule has 2 N–H and O–H groups in total. The zero-order valence-corrected chi connectivity index (χ0v) is 11.4. The SMILES string of the molecule is CC(C)(C(=O)NC1CCCNC1=O)c1ccccc1. The lowest BCUT2D eigenvalue weighted by molar-refractivity contribution is -0.132. The second-order valence-electron chi connectivity index (χ2n) is 5.45. The molecule has 1 fully saturated rings. The van der Waals surface area contributed by atoms with Gasteiger partial charge in [0.1, 0.15) is 6.04 Å². The smallest absolute Gasteiger partial charge is 0.242 e. The van der Waals surface area contributed by atoms with Crippen LogP contribution in [0.2, 0.25) is 0 Å². The first-order valence-corrected chi connectivity index (χ1v) is 6.66. The first-order chi connectivity index (χ1) is 9.01. The van der Waals surface area contributed by atoms with Crippen LogP contribution in [0.1, 0.15) is 32.3 Å². The molecule has 1 aromatic carbocycles. The number of rotatable bonds is 3. The van der Waals surface area contributed by atoms with Gasteiger partial charge in [0.25, 0.3) is 0 Å². The summed E-state index contributed by atoms with van der Waals surface area (Å²) in [4.78, 5) is 24.1. The van der Waals surface area contributed by atoms with E-state index in [1.54, 1.807) is 0 Å². The molecule has 4 nitrogen and oxygen atoms in total. The van der Waals surface area contributed by atoms with Crippen LogP contribution in [-0.4, -0.2) is 24.4 Å². The topological polar surface area (TPSA) is 58.2 Å². The van der Waals surface area contributed by atoms with Crippen LogP contribution in [0.15, 0.2) is 30.3 Å². The Bertz CT molecular complexity index is 468. The van der Waals surface area contributed by atoms with E-state index in [0.717, 1.165) is 12.0 Å². The summed E-state index contributed by atoms with van der Waals surface area (Å²) in [6.45, 7) is 4.45. The molecule has 0 aliphatic carbocycles. The molecular weight excluding hydrogens is 240 g/mol. The van der Waals surface area contributed by atoms with Gasteiger partial charge in [-0.3, -0.25) is 9.59 Å². The van der Waals surface area contributed by atoms with Crippen molar-refractivity contribution in [3.8, 4) is 0 Å². The van der Waals surface area contributed by atoms with Crippen LogP contribution in [-0.2, 0) is 15.0 Å². The van der Waals surface area contributed by atoms with E-state index in [9.17, 15) is 9.59 Å². The minimum absolute atomic E-state index is 0.0801. The van der Waals surface area contributed by atoms with Gasteiger partial charge in [-0.05, 0) is 32.3 Å². The van der Waals surface area contributed by atoms with Gasteiger partial charge in [-0.25, -0.2) is 0 Å². The summed E-state index contributed by atoms with van der Waals surface area (Å²) in [6.07, 6.45) is 1.62. The van der Waals surface area contributed by atoms with Crippen LogP contribution >= 0.6 is 0 Å². The fourth-order valence-corrected chi connectivity index (χ4v) is 2.23. The third kappa shape index (κ3) is 2.95. The maximum atomic E-state index is 12.4. The Morgan fingerprint density at radius 1 is 1.32 bits per heavy atom. The van der Waals surface area contributed by atoms with E-state index in [1.165, 1.54) is 0 Å².